The van der Waals surface area contributed by atoms with Crippen LogP contribution in [-0.4, -0.2) is 70.7 Å². The minimum atomic E-state index is -2.60. The summed E-state index contributed by atoms with van der Waals surface area (Å²) in [5, 5.41) is 29.7. The average Bonchev–Trinajstić information content (AvgIpc) is 3.26. The van der Waals surface area contributed by atoms with Crippen LogP contribution in [0, 0.1) is 19.3 Å². The van der Waals surface area contributed by atoms with Gasteiger partial charge in [0.2, 0.25) is 0 Å². The summed E-state index contributed by atoms with van der Waals surface area (Å²) in [5.41, 5.74) is 2.09. The quantitative estimate of drug-likeness (QED) is 0.248. The number of nitrogens with zero attached hydrogens (tertiary/aromatic N) is 4. The fourth-order valence-electron chi connectivity index (χ4n) is 3.37. The standard InChI is InChI=1S/C19H21N5O7/c1-4-6-19(16(25)26,17(27)28)30-8-11-18(29,5-2)7-12(31-11)24-9-21-13-14(20)22-10(3)23-15(13)24/h2,4,9,11-12,29H,1,6-8H2,3H3,(H,25,26)(H,27,28)(H2,20,22,23)/t11?,12?,18-/m0/s1. The second kappa shape index (κ2) is 7.95. The Kier molecular flexibility index (Phi) is 5.68. The first-order valence-corrected chi connectivity index (χ1v) is 9.12. The molecule has 0 aliphatic carbocycles. The Hall–Kier alpha value is -3.53. The molecule has 0 saturated carbocycles. The molecule has 0 bridgehead atoms. The Morgan fingerprint density at radius 2 is 2.19 bits per heavy atom. The van der Waals surface area contributed by atoms with Gasteiger partial charge in [-0.15, -0.1) is 13.0 Å². The lowest BCUT2D eigenvalue weighted by atomic mass is 9.95. The molecule has 1 aliphatic heterocycles. The molecule has 0 amide bonds. The minimum absolute atomic E-state index is 0.111. The number of hydrogen-bond acceptors (Lipinski definition) is 9. The zero-order valence-electron chi connectivity index (χ0n) is 16.6. The fraction of sp³-hybridized carbons (Fsp3) is 0.421. The van der Waals surface area contributed by atoms with Gasteiger partial charge in [0, 0.05) is 12.8 Å². The van der Waals surface area contributed by atoms with Crippen LogP contribution in [0.15, 0.2) is 19.0 Å². The molecule has 12 heteroatoms. The monoisotopic (exact) mass is 431 g/mol. The van der Waals surface area contributed by atoms with E-state index in [0.29, 0.717) is 17.0 Å². The molecule has 3 heterocycles. The molecular weight excluding hydrogens is 410 g/mol. The Bertz CT molecular complexity index is 1080. The number of imidazole rings is 1. The average molecular weight is 431 g/mol. The molecule has 3 atom stereocenters. The third-order valence-electron chi connectivity index (χ3n) is 5.06. The van der Waals surface area contributed by atoms with Crippen molar-refractivity contribution in [3.63, 3.8) is 0 Å². The summed E-state index contributed by atoms with van der Waals surface area (Å²) in [7, 11) is 0. The van der Waals surface area contributed by atoms with Crippen LogP contribution in [0.2, 0.25) is 0 Å². The van der Waals surface area contributed by atoms with Crippen molar-refractivity contribution in [2.75, 3.05) is 12.3 Å². The number of aliphatic carboxylic acids is 2. The number of anilines is 1. The van der Waals surface area contributed by atoms with Crippen molar-refractivity contribution in [1.82, 2.24) is 19.5 Å². The molecule has 2 aromatic rings. The van der Waals surface area contributed by atoms with Gasteiger partial charge in [-0.2, -0.15) is 0 Å². The number of aromatic nitrogens is 4. The number of ether oxygens (including phenoxy) is 2. The number of rotatable bonds is 8. The molecule has 5 N–H and O–H groups in total. The van der Waals surface area contributed by atoms with E-state index in [2.05, 4.69) is 27.5 Å². The lowest BCUT2D eigenvalue weighted by Gasteiger charge is -2.28. The maximum atomic E-state index is 11.6. The molecular formula is C19H21N5O7. The van der Waals surface area contributed by atoms with E-state index in [-0.39, 0.29) is 12.2 Å². The Labute approximate surface area is 176 Å². The van der Waals surface area contributed by atoms with Crippen LogP contribution in [-0.2, 0) is 19.1 Å². The molecule has 0 spiro atoms. The number of carboxylic acids is 2. The summed E-state index contributed by atoms with van der Waals surface area (Å²) < 4.78 is 12.6. The van der Waals surface area contributed by atoms with E-state index < -0.39 is 48.5 Å². The van der Waals surface area contributed by atoms with E-state index in [9.17, 15) is 24.9 Å². The van der Waals surface area contributed by atoms with Crippen molar-refractivity contribution < 1.29 is 34.4 Å². The van der Waals surface area contributed by atoms with Gasteiger partial charge >= 0.3 is 11.9 Å². The van der Waals surface area contributed by atoms with Gasteiger partial charge in [0.25, 0.3) is 5.60 Å². The van der Waals surface area contributed by atoms with Crippen molar-refractivity contribution in [2.24, 2.45) is 0 Å². The van der Waals surface area contributed by atoms with Gasteiger partial charge in [0.05, 0.1) is 12.9 Å². The first-order valence-electron chi connectivity index (χ1n) is 9.12. The van der Waals surface area contributed by atoms with Gasteiger partial charge in [-0.1, -0.05) is 12.0 Å². The summed E-state index contributed by atoms with van der Waals surface area (Å²) in [6.07, 6.45) is 5.30. The second-order valence-electron chi connectivity index (χ2n) is 7.07. The number of aryl methyl sites for hydroxylation is 1. The van der Waals surface area contributed by atoms with E-state index in [4.69, 9.17) is 21.6 Å². The highest BCUT2D eigenvalue weighted by Gasteiger charge is 2.52. The summed E-state index contributed by atoms with van der Waals surface area (Å²) in [6, 6.07) is 0. The lowest BCUT2D eigenvalue weighted by molar-refractivity contribution is -0.190. The van der Waals surface area contributed by atoms with Crippen molar-refractivity contribution in [3.05, 3.63) is 24.8 Å². The van der Waals surface area contributed by atoms with E-state index in [1.54, 1.807) is 6.92 Å². The SMILES string of the molecule is C#C[C@]1(O)CC(n2cnc3c(N)nc(C)nc32)OC1COC(CC=C)(C(=O)O)C(=O)O. The van der Waals surface area contributed by atoms with Crippen LogP contribution < -0.4 is 5.73 Å². The van der Waals surface area contributed by atoms with E-state index in [1.807, 2.05) is 0 Å². The zero-order chi connectivity index (χ0) is 23.0. The van der Waals surface area contributed by atoms with Crippen LogP contribution in [0.25, 0.3) is 11.2 Å². The number of hydrogen-bond donors (Lipinski definition) is 4. The summed E-state index contributed by atoms with van der Waals surface area (Å²) >= 11 is 0. The van der Waals surface area contributed by atoms with Crippen LogP contribution in [0.1, 0.15) is 24.9 Å². The van der Waals surface area contributed by atoms with E-state index >= 15 is 0 Å². The molecule has 31 heavy (non-hydrogen) atoms. The van der Waals surface area contributed by atoms with Crippen molar-refractivity contribution in [1.29, 1.82) is 0 Å². The maximum absolute atomic E-state index is 11.6. The molecule has 1 aliphatic rings. The summed E-state index contributed by atoms with van der Waals surface area (Å²) in [4.78, 5) is 35.7. The number of nitrogens with two attached hydrogens (primary N) is 1. The Morgan fingerprint density at radius 1 is 1.52 bits per heavy atom. The van der Waals surface area contributed by atoms with Crippen molar-refractivity contribution in [2.45, 2.75) is 43.3 Å². The number of carbonyl (C=O) groups is 2. The van der Waals surface area contributed by atoms with Gasteiger partial charge in [0.1, 0.15) is 23.7 Å². The van der Waals surface area contributed by atoms with E-state index in [0.717, 1.165) is 6.08 Å². The lowest BCUT2D eigenvalue weighted by Crippen LogP contribution is -2.52. The molecule has 2 aromatic heterocycles. The van der Waals surface area contributed by atoms with Crippen LogP contribution in [0.4, 0.5) is 5.82 Å². The molecule has 12 nitrogen and oxygen atoms in total. The van der Waals surface area contributed by atoms with Gasteiger partial charge in [0.15, 0.2) is 17.1 Å². The van der Waals surface area contributed by atoms with Crippen molar-refractivity contribution in [3.8, 4) is 12.3 Å². The normalized spacial score (nSPS) is 23.5. The highest BCUT2D eigenvalue weighted by atomic mass is 16.6. The molecule has 0 radical (unpaired) electrons. The molecule has 164 valence electrons. The summed E-state index contributed by atoms with van der Waals surface area (Å²) in [5.74, 6) is -0.650. The predicted octanol–water partition coefficient (Wildman–Crippen LogP) is -0.131. The highest BCUT2D eigenvalue weighted by Crippen LogP contribution is 2.38. The van der Waals surface area contributed by atoms with Gasteiger partial charge in [-0.05, 0) is 6.92 Å². The number of terminal acetylenes is 1. The number of aliphatic hydroxyl groups is 1. The Morgan fingerprint density at radius 3 is 2.77 bits per heavy atom. The first-order chi connectivity index (χ1) is 14.6. The van der Waals surface area contributed by atoms with Crippen LogP contribution in [0.5, 0.6) is 0 Å². The topological polar surface area (TPSA) is 183 Å². The third-order valence-corrected chi connectivity index (χ3v) is 5.06. The minimum Gasteiger partial charge on any atom is -0.479 e. The third kappa shape index (κ3) is 3.70. The Balaban J connectivity index is 1.90. The predicted molar refractivity (Wildman–Crippen MR) is 106 cm³/mol. The molecule has 0 aromatic carbocycles. The highest BCUT2D eigenvalue weighted by molar-refractivity contribution is 6.02. The van der Waals surface area contributed by atoms with Gasteiger partial charge < -0.3 is 30.5 Å². The first kappa shape index (κ1) is 22.2. The van der Waals surface area contributed by atoms with Gasteiger partial charge in [-0.25, -0.2) is 24.5 Å². The molecule has 2 unspecified atom stereocenters. The maximum Gasteiger partial charge on any atom is 0.348 e. The molecule has 1 fully saturated rings. The largest absolute Gasteiger partial charge is 0.479 e. The van der Waals surface area contributed by atoms with Crippen molar-refractivity contribution >= 4 is 28.9 Å². The number of nitrogen functional groups attached to an aromatic ring is 1. The fourth-order valence-corrected chi connectivity index (χ4v) is 3.37. The molecule has 3 rings (SSSR count). The summed E-state index contributed by atoms with van der Waals surface area (Å²) in [6.45, 7) is 4.41. The zero-order valence-corrected chi connectivity index (χ0v) is 16.6. The van der Waals surface area contributed by atoms with Crippen LogP contribution >= 0.6 is 0 Å². The van der Waals surface area contributed by atoms with Crippen LogP contribution in [0.3, 0.4) is 0 Å². The van der Waals surface area contributed by atoms with E-state index in [1.165, 1.54) is 10.9 Å². The number of fused-ring (bicyclic) bond motifs is 1. The number of carboxylic acid groups (broad SMARTS) is 2. The molecule has 1 saturated heterocycles. The smallest absolute Gasteiger partial charge is 0.348 e. The van der Waals surface area contributed by atoms with Gasteiger partial charge in [-0.3, -0.25) is 4.57 Å². The second-order valence-corrected chi connectivity index (χ2v) is 7.07.